The molecule has 1 unspecified atom stereocenters. The smallest absolute Gasteiger partial charge is 0.134 e. The van der Waals surface area contributed by atoms with Crippen molar-refractivity contribution in [2.75, 3.05) is 4.90 Å². The van der Waals surface area contributed by atoms with E-state index in [2.05, 4.69) is 200 Å². The molecule has 0 spiro atoms. The van der Waals surface area contributed by atoms with Crippen LogP contribution in [-0.2, 0) is 5.41 Å². The Labute approximate surface area is 305 Å². The van der Waals surface area contributed by atoms with E-state index < -0.39 is 0 Å². The molecule has 2 heterocycles. The summed E-state index contributed by atoms with van der Waals surface area (Å²) >= 11 is 0. The monoisotopic (exact) mass is 667 g/mol. The Bertz CT molecular complexity index is 2560. The lowest BCUT2D eigenvalue weighted by Crippen LogP contribution is -2.31. The normalized spacial score (nSPS) is 16.2. The lowest BCUT2D eigenvalue weighted by atomic mass is 9.80. The van der Waals surface area contributed by atoms with Crippen LogP contribution in [0.2, 0.25) is 0 Å². The van der Waals surface area contributed by atoms with Crippen LogP contribution in [0.5, 0.6) is 0 Å². The molecule has 0 fully saturated rings. The van der Waals surface area contributed by atoms with E-state index in [9.17, 15) is 0 Å². The third kappa shape index (κ3) is 4.77. The van der Waals surface area contributed by atoms with Crippen LogP contribution in [0.25, 0.3) is 39.1 Å². The van der Waals surface area contributed by atoms with E-state index in [1.807, 2.05) is 0 Å². The van der Waals surface area contributed by atoms with E-state index in [4.69, 9.17) is 4.99 Å². The lowest BCUT2D eigenvalue weighted by Gasteiger charge is -2.28. The molecular weight excluding hydrogens is 631 g/mol. The maximum absolute atomic E-state index is 5.30. The van der Waals surface area contributed by atoms with Crippen molar-refractivity contribution in [2.24, 2.45) is 4.99 Å². The summed E-state index contributed by atoms with van der Waals surface area (Å²) in [6, 6.07) is 61.5. The average Bonchev–Trinajstić information content (AvgIpc) is 3.35. The highest BCUT2D eigenvalue weighted by Crippen LogP contribution is 2.56. The van der Waals surface area contributed by atoms with Crippen molar-refractivity contribution < 1.29 is 0 Å². The van der Waals surface area contributed by atoms with Gasteiger partial charge in [-0.25, -0.2) is 4.99 Å². The fourth-order valence-electron chi connectivity index (χ4n) is 8.46. The number of rotatable bonds is 4. The number of hydrogen-bond donors (Lipinski definition) is 1. The van der Waals surface area contributed by atoms with Crippen LogP contribution in [0, 0.1) is 0 Å². The molecule has 0 saturated carbocycles. The number of amidine groups is 1. The molecule has 3 heteroatoms. The van der Waals surface area contributed by atoms with Gasteiger partial charge >= 0.3 is 0 Å². The summed E-state index contributed by atoms with van der Waals surface area (Å²) in [5.74, 6) is 0.872. The second kappa shape index (κ2) is 11.8. The van der Waals surface area contributed by atoms with E-state index in [1.54, 1.807) is 0 Å². The van der Waals surface area contributed by atoms with Crippen molar-refractivity contribution in [3.8, 4) is 33.4 Å². The maximum Gasteiger partial charge on any atom is 0.134 e. The Balaban J connectivity index is 1.24. The van der Waals surface area contributed by atoms with Gasteiger partial charge in [-0.05, 0) is 87.5 Å². The van der Waals surface area contributed by atoms with Crippen molar-refractivity contribution in [2.45, 2.75) is 25.3 Å². The van der Waals surface area contributed by atoms with Gasteiger partial charge in [-0.15, -0.1) is 0 Å². The van der Waals surface area contributed by atoms with Crippen LogP contribution in [0.1, 0.15) is 47.7 Å². The molecule has 0 aromatic heterocycles. The van der Waals surface area contributed by atoms with E-state index in [1.165, 1.54) is 55.8 Å². The van der Waals surface area contributed by atoms with Crippen molar-refractivity contribution >= 4 is 28.6 Å². The molecule has 2 aliphatic heterocycles. The van der Waals surface area contributed by atoms with Crippen molar-refractivity contribution in [3.63, 3.8) is 0 Å². The summed E-state index contributed by atoms with van der Waals surface area (Å²) in [7, 11) is 0. The standard InChI is InChI=1S/C49H37N3/c1-49(2)42-24-14-12-22-36(42)40-29-38-39(30-43(40)49)37-23-13-15-25-46(37)52(35-20-10-5-11-21-35)47-27-26-34(28-41(38)47)45-31-44(32-16-6-3-7-17-32)50-48(51-45)33-18-8-4-9-19-33/h3-31,44H,1-2H3,(H,50,51). The molecule has 7 aromatic rings. The van der Waals surface area contributed by atoms with Gasteiger partial charge in [0, 0.05) is 33.4 Å². The van der Waals surface area contributed by atoms with Crippen molar-refractivity contribution in [1.82, 2.24) is 5.32 Å². The second-order valence-corrected chi connectivity index (χ2v) is 14.4. The van der Waals surface area contributed by atoms with Crippen LogP contribution in [0.3, 0.4) is 0 Å². The highest BCUT2D eigenvalue weighted by Gasteiger charge is 2.37. The molecular formula is C49H37N3. The number of nitrogens with one attached hydrogen (secondary N) is 1. The summed E-state index contributed by atoms with van der Waals surface area (Å²) in [5, 5.41) is 3.72. The minimum atomic E-state index is -0.110. The topological polar surface area (TPSA) is 27.6 Å². The van der Waals surface area contributed by atoms with E-state index in [-0.39, 0.29) is 11.5 Å². The van der Waals surface area contributed by atoms with Gasteiger partial charge < -0.3 is 10.2 Å². The van der Waals surface area contributed by atoms with Crippen LogP contribution >= 0.6 is 0 Å². The van der Waals surface area contributed by atoms with Gasteiger partial charge in [-0.3, -0.25) is 0 Å². The predicted molar refractivity (Wildman–Crippen MR) is 216 cm³/mol. The maximum atomic E-state index is 5.30. The van der Waals surface area contributed by atoms with Gasteiger partial charge in [0.25, 0.3) is 0 Å². The van der Waals surface area contributed by atoms with Crippen LogP contribution in [-0.4, -0.2) is 5.84 Å². The van der Waals surface area contributed by atoms with Gasteiger partial charge in [-0.2, -0.15) is 0 Å². The average molecular weight is 668 g/mol. The second-order valence-electron chi connectivity index (χ2n) is 14.4. The molecule has 1 N–H and O–H groups in total. The number of nitrogens with zero attached hydrogens (tertiary/aromatic N) is 2. The first-order chi connectivity index (χ1) is 25.5. The quantitative estimate of drug-likeness (QED) is 0.202. The predicted octanol–water partition coefficient (Wildman–Crippen LogP) is 12.2. The third-order valence-electron chi connectivity index (χ3n) is 11.0. The fraction of sp³-hybridized carbons (Fsp3) is 0.0816. The zero-order valence-electron chi connectivity index (χ0n) is 29.2. The number of benzene rings is 7. The first kappa shape index (κ1) is 30.4. The Morgan fingerprint density at radius 3 is 1.92 bits per heavy atom. The molecule has 1 aliphatic carbocycles. The summed E-state index contributed by atoms with van der Waals surface area (Å²) < 4.78 is 0. The molecule has 0 saturated heterocycles. The molecule has 52 heavy (non-hydrogen) atoms. The van der Waals surface area contributed by atoms with Gasteiger partial charge in [0.1, 0.15) is 5.84 Å². The molecule has 7 aromatic carbocycles. The summed E-state index contributed by atoms with van der Waals surface area (Å²) in [6.07, 6.45) is 2.27. The van der Waals surface area contributed by atoms with Gasteiger partial charge in [-0.1, -0.05) is 141 Å². The number of hydrogen-bond acceptors (Lipinski definition) is 3. The van der Waals surface area contributed by atoms with Crippen molar-refractivity contribution in [1.29, 1.82) is 0 Å². The van der Waals surface area contributed by atoms with Gasteiger partial charge in [0.2, 0.25) is 0 Å². The molecule has 0 radical (unpaired) electrons. The molecule has 3 nitrogen and oxygen atoms in total. The molecule has 0 amide bonds. The molecule has 0 bridgehead atoms. The Kier molecular flexibility index (Phi) is 6.91. The summed E-state index contributed by atoms with van der Waals surface area (Å²) in [4.78, 5) is 7.73. The zero-order chi connectivity index (χ0) is 34.8. The van der Waals surface area contributed by atoms with Crippen molar-refractivity contribution in [3.05, 3.63) is 204 Å². The fourth-order valence-corrected chi connectivity index (χ4v) is 8.46. The minimum absolute atomic E-state index is 0.0259. The minimum Gasteiger partial charge on any atom is -0.359 e. The van der Waals surface area contributed by atoms with E-state index >= 15 is 0 Å². The summed E-state index contributed by atoms with van der Waals surface area (Å²) in [6.45, 7) is 4.73. The SMILES string of the molecule is CC1(C)c2ccccc2-c2cc3c(cc21)-c1ccccc1N(c1ccccc1)c1ccc(C2=CC(c4ccccc4)NC(c4ccccc4)=N2)cc1-3. The molecule has 10 rings (SSSR count). The Hall–Kier alpha value is -6.45. The molecule has 248 valence electrons. The van der Waals surface area contributed by atoms with Crippen LogP contribution in [0.15, 0.2) is 181 Å². The van der Waals surface area contributed by atoms with Crippen LogP contribution < -0.4 is 10.2 Å². The lowest BCUT2D eigenvalue weighted by molar-refractivity contribution is 0.660. The molecule has 3 aliphatic rings. The number of para-hydroxylation sites is 2. The van der Waals surface area contributed by atoms with E-state index in [0.29, 0.717) is 0 Å². The number of aliphatic imine (C=N–C) groups is 1. The van der Waals surface area contributed by atoms with E-state index in [0.717, 1.165) is 34.0 Å². The largest absolute Gasteiger partial charge is 0.359 e. The van der Waals surface area contributed by atoms with Crippen LogP contribution in [0.4, 0.5) is 17.1 Å². The first-order valence-corrected chi connectivity index (χ1v) is 18.1. The summed E-state index contributed by atoms with van der Waals surface area (Å²) in [5.41, 5.74) is 17.9. The number of fused-ring (bicyclic) bond motifs is 8. The van der Waals surface area contributed by atoms with Gasteiger partial charge in [0.05, 0.1) is 23.1 Å². The first-order valence-electron chi connectivity index (χ1n) is 18.1. The highest BCUT2D eigenvalue weighted by molar-refractivity contribution is 6.06. The molecule has 1 atom stereocenters. The van der Waals surface area contributed by atoms with Gasteiger partial charge in [0.15, 0.2) is 0 Å². The third-order valence-corrected chi connectivity index (χ3v) is 11.0. The number of anilines is 3. The Morgan fingerprint density at radius 2 is 1.13 bits per heavy atom. The highest BCUT2D eigenvalue weighted by atomic mass is 15.1. The zero-order valence-corrected chi connectivity index (χ0v) is 29.2. The Morgan fingerprint density at radius 1 is 0.500 bits per heavy atom.